The van der Waals surface area contributed by atoms with Crippen molar-refractivity contribution in [1.82, 2.24) is 0 Å². The highest BCUT2D eigenvalue weighted by molar-refractivity contribution is 5.79. The molecule has 14 heteroatoms. The SMILES string of the molecule is CC1(C)CC[C@]2(C(=O)O[C@@H]3O[C@H](CO)[C@@H](O)[C@H](O)[C@H]3O)CC[C@]3(C)C(=CCC4[C@@]5(C)C[C@H](O)[C@H](O[C@@H]6OC[C@@H](O)[C@H](O)[C@H]6O)[C@@](C)(CO)C5CC[C@]43C)C2C1. The number of hydrogen-bond acceptors (Lipinski definition) is 14. The van der Waals surface area contributed by atoms with E-state index in [9.17, 15) is 50.8 Å². The lowest BCUT2D eigenvalue weighted by Gasteiger charge is -2.71. The summed E-state index contributed by atoms with van der Waals surface area (Å²) in [4.78, 5) is 14.5. The van der Waals surface area contributed by atoms with E-state index in [0.29, 0.717) is 32.1 Å². The maximum absolute atomic E-state index is 14.5. The van der Waals surface area contributed by atoms with Crippen LogP contribution in [0.1, 0.15) is 99.3 Å². The molecule has 2 saturated heterocycles. The summed E-state index contributed by atoms with van der Waals surface area (Å²) in [6, 6.07) is 0. The molecule has 5 aliphatic carbocycles. The van der Waals surface area contributed by atoms with Gasteiger partial charge in [-0.3, -0.25) is 4.79 Å². The van der Waals surface area contributed by atoms with Crippen LogP contribution < -0.4 is 0 Å². The quantitative estimate of drug-likeness (QED) is 0.104. The molecule has 19 atom stereocenters. The van der Waals surface area contributed by atoms with Gasteiger partial charge in [-0.1, -0.05) is 53.2 Å². The van der Waals surface area contributed by atoms with Crippen LogP contribution in [0.25, 0.3) is 0 Å². The van der Waals surface area contributed by atoms with Crippen molar-refractivity contribution in [1.29, 1.82) is 0 Å². The molecular weight excluding hydrogens is 716 g/mol. The summed E-state index contributed by atoms with van der Waals surface area (Å²) in [6.07, 6.45) is -6.75. The van der Waals surface area contributed by atoms with Gasteiger partial charge < -0.3 is 64.9 Å². The Kier molecular flexibility index (Phi) is 10.8. The van der Waals surface area contributed by atoms with E-state index in [2.05, 4.69) is 40.7 Å². The minimum atomic E-state index is -1.69. The highest BCUT2D eigenvalue weighted by Crippen LogP contribution is 2.76. The number of carbonyl (C=O) groups excluding carboxylic acids is 1. The number of rotatable bonds is 6. The highest BCUT2D eigenvalue weighted by Gasteiger charge is 2.71. The summed E-state index contributed by atoms with van der Waals surface area (Å²) in [5, 5.41) is 95.4. The van der Waals surface area contributed by atoms with E-state index in [1.807, 2.05) is 6.92 Å². The lowest BCUT2D eigenvalue weighted by Crippen LogP contribution is -2.69. The van der Waals surface area contributed by atoms with Gasteiger partial charge in [-0.05, 0) is 97.2 Å². The molecule has 0 bridgehead atoms. The minimum Gasteiger partial charge on any atom is -0.432 e. The summed E-state index contributed by atoms with van der Waals surface area (Å²) < 4.78 is 23.4. The first kappa shape index (κ1) is 41.9. The molecule has 314 valence electrons. The van der Waals surface area contributed by atoms with E-state index in [1.165, 1.54) is 5.57 Å². The predicted octanol–water partition coefficient (Wildman–Crippen LogP) is 0.899. The molecule has 14 nitrogen and oxygen atoms in total. The van der Waals surface area contributed by atoms with Crippen molar-refractivity contribution >= 4 is 5.97 Å². The lowest BCUT2D eigenvalue weighted by atomic mass is 9.33. The molecule has 4 saturated carbocycles. The van der Waals surface area contributed by atoms with Crippen molar-refractivity contribution in [2.75, 3.05) is 19.8 Å². The zero-order chi connectivity index (χ0) is 40.3. The molecule has 55 heavy (non-hydrogen) atoms. The fourth-order valence-electron chi connectivity index (χ4n) is 13.4. The van der Waals surface area contributed by atoms with Crippen molar-refractivity contribution in [3.05, 3.63) is 11.6 Å². The van der Waals surface area contributed by atoms with Crippen LogP contribution >= 0.6 is 0 Å². The van der Waals surface area contributed by atoms with Crippen molar-refractivity contribution in [3.63, 3.8) is 0 Å². The molecule has 7 aliphatic rings. The second-order valence-corrected chi connectivity index (χ2v) is 20.2. The topological polar surface area (TPSA) is 236 Å². The Balaban J connectivity index is 1.19. The van der Waals surface area contributed by atoms with Crippen molar-refractivity contribution in [2.24, 2.45) is 50.2 Å². The zero-order valence-electron chi connectivity index (χ0n) is 33.2. The maximum atomic E-state index is 14.5. The molecule has 0 aromatic heterocycles. The van der Waals surface area contributed by atoms with Gasteiger partial charge in [0.2, 0.25) is 6.29 Å². The molecule has 0 aromatic carbocycles. The average molecular weight is 783 g/mol. The second kappa shape index (κ2) is 14.2. The van der Waals surface area contributed by atoms with Crippen molar-refractivity contribution in [2.45, 2.75) is 167 Å². The largest absolute Gasteiger partial charge is 0.432 e. The van der Waals surface area contributed by atoms with Crippen molar-refractivity contribution in [3.8, 4) is 0 Å². The number of aliphatic hydroxyl groups is 9. The van der Waals surface area contributed by atoms with Crippen LogP contribution in [0.3, 0.4) is 0 Å². The van der Waals surface area contributed by atoms with Crippen LogP contribution in [0.15, 0.2) is 11.6 Å². The van der Waals surface area contributed by atoms with Gasteiger partial charge in [-0.2, -0.15) is 0 Å². The van der Waals surface area contributed by atoms with E-state index in [1.54, 1.807) is 0 Å². The van der Waals surface area contributed by atoms with Gasteiger partial charge in [0, 0.05) is 5.41 Å². The molecule has 3 unspecified atom stereocenters. The Morgan fingerprint density at radius 1 is 0.782 bits per heavy atom. The third-order valence-corrected chi connectivity index (χ3v) is 16.9. The minimum absolute atomic E-state index is 0.0622. The summed E-state index contributed by atoms with van der Waals surface area (Å²) in [5.41, 5.74) is -1.65. The van der Waals surface area contributed by atoms with Gasteiger partial charge in [0.1, 0.15) is 42.7 Å². The van der Waals surface area contributed by atoms with E-state index in [-0.39, 0.29) is 47.2 Å². The number of carbonyl (C=O) groups is 1. The third-order valence-electron chi connectivity index (χ3n) is 16.9. The molecular formula is C41H66O14. The Morgan fingerprint density at radius 3 is 2.13 bits per heavy atom. The average Bonchev–Trinajstić information content (AvgIpc) is 3.13. The summed E-state index contributed by atoms with van der Waals surface area (Å²) in [5.74, 6) is -0.634. The molecule has 0 amide bonds. The van der Waals surface area contributed by atoms with Gasteiger partial charge in [-0.25, -0.2) is 0 Å². The van der Waals surface area contributed by atoms with Gasteiger partial charge in [0.15, 0.2) is 6.29 Å². The Hall–Kier alpha value is -1.27. The van der Waals surface area contributed by atoms with E-state index >= 15 is 0 Å². The zero-order valence-corrected chi connectivity index (χ0v) is 33.2. The summed E-state index contributed by atoms with van der Waals surface area (Å²) in [6.45, 7) is 12.2. The third kappa shape index (κ3) is 6.13. The van der Waals surface area contributed by atoms with Crippen LogP contribution in [0, 0.1) is 50.2 Å². The fraction of sp³-hybridized carbons (Fsp3) is 0.927. The van der Waals surface area contributed by atoms with Crippen molar-refractivity contribution < 1.29 is 69.7 Å². The number of esters is 1. The first-order chi connectivity index (χ1) is 25.6. The van der Waals surface area contributed by atoms with Gasteiger partial charge in [0.05, 0.1) is 37.4 Å². The van der Waals surface area contributed by atoms with Crippen LogP contribution in [0.4, 0.5) is 0 Å². The fourth-order valence-corrected chi connectivity index (χ4v) is 13.4. The molecule has 2 aliphatic heterocycles. The monoisotopic (exact) mass is 782 g/mol. The van der Waals surface area contributed by atoms with Gasteiger partial charge >= 0.3 is 5.97 Å². The second-order valence-electron chi connectivity index (χ2n) is 20.2. The summed E-state index contributed by atoms with van der Waals surface area (Å²) >= 11 is 0. The first-order valence-electron chi connectivity index (χ1n) is 20.5. The Bertz CT molecular complexity index is 1490. The summed E-state index contributed by atoms with van der Waals surface area (Å²) in [7, 11) is 0. The number of allylic oxidation sites excluding steroid dienone is 2. The van der Waals surface area contributed by atoms with Crippen LogP contribution in [-0.4, -0.2) is 139 Å². The highest BCUT2D eigenvalue weighted by atomic mass is 16.7. The number of fused-ring (bicyclic) bond motifs is 7. The molecule has 2 heterocycles. The number of hydrogen-bond donors (Lipinski definition) is 9. The van der Waals surface area contributed by atoms with E-state index in [0.717, 1.165) is 25.7 Å². The van der Waals surface area contributed by atoms with Gasteiger partial charge in [0.25, 0.3) is 0 Å². The molecule has 7 rings (SSSR count). The Labute approximate surface area is 323 Å². The van der Waals surface area contributed by atoms with Crippen LogP contribution in [0.5, 0.6) is 0 Å². The molecule has 9 N–H and O–H groups in total. The maximum Gasteiger partial charge on any atom is 0.315 e. The van der Waals surface area contributed by atoms with Crippen LogP contribution in [0.2, 0.25) is 0 Å². The standard InChI is InChI=1S/C41H66O14/c1-36(2)11-13-41(35(51)55-34-31(50)29(48)28(47)24(17-42)53-34)14-12-39(5)20(21(41)15-36)7-8-26-37(3)16-22(44)32(54-33-30(49)27(46)23(45)18-52-33)38(4,19-43)25(37)9-10-40(26,39)6/h7,21-34,42-50H,8-19H2,1-6H3/t21?,22-,23+,24+,25?,26?,27-,28+,29-,30+,31+,32-,33-,34-,37-,38-,39+,40+,41-/m0/s1. The lowest BCUT2D eigenvalue weighted by molar-refractivity contribution is -0.328. The predicted molar refractivity (Wildman–Crippen MR) is 194 cm³/mol. The number of aliphatic hydroxyl groups excluding tert-OH is 9. The van der Waals surface area contributed by atoms with Gasteiger partial charge in [-0.15, -0.1) is 0 Å². The van der Waals surface area contributed by atoms with E-state index < -0.39 is 96.3 Å². The molecule has 6 fully saturated rings. The Morgan fingerprint density at radius 2 is 1.45 bits per heavy atom. The molecule has 0 aromatic rings. The smallest absolute Gasteiger partial charge is 0.315 e. The van der Waals surface area contributed by atoms with E-state index in [4.69, 9.17) is 18.9 Å². The molecule has 0 radical (unpaired) electrons. The number of ether oxygens (including phenoxy) is 4. The first-order valence-corrected chi connectivity index (χ1v) is 20.5. The normalized spacial score (nSPS) is 54.9. The molecule has 0 spiro atoms. The van der Waals surface area contributed by atoms with Crippen LogP contribution in [-0.2, 0) is 23.7 Å².